The van der Waals surface area contributed by atoms with E-state index in [1.54, 1.807) is 18.2 Å². The third kappa shape index (κ3) is 5.65. The van der Waals surface area contributed by atoms with E-state index in [1.807, 2.05) is 30.3 Å². The number of ether oxygens (including phenoxy) is 1. The summed E-state index contributed by atoms with van der Waals surface area (Å²) in [4.78, 5) is 23.3. The number of benzene rings is 2. The van der Waals surface area contributed by atoms with Gasteiger partial charge in [-0.2, -0.15) is 0 Å². The molecule has 2 N–H and O–H groups in total. The fraction of sp³-hybridized carbons (Fsp3) is 0.176. The van der Waals surface area contributed by atoms with Crippen molar-refractivity contribution in [3.05, 3.63) is 63.0 Å². The van der Waals surface area contributed by atoms with Crippen LogP contribution < -0.4 is 10.1 Å². The Morgan fingerprint density at radius 3 is 2.46 bits per heavy atom. The van der Waals surface area contributed by atoms with Crippen molar-refractivity contribution in [2.24, 2.45) is 0 Å². The Morgan fingerprint density at radius 1 is 1.12 bits per heavy atom. The van der Waals surface area contributed by atoms with E-state index < -0.39 is 17.9 Å². The van der Waals surface area contributed by atoms with E-state index in [0.717, 1.165) is 10.0 Å². The summed E-state index contributed by atoms with van der Waals surface area (Å²) in [5, 5.41) is 11.8. The van der Waals surface area contributed by atoms with Gasteiger partial charge in [0, 0.05) is 10.9 Å². The van der Waals surface area contributed by atoms with Crippen LogP contribution in [0.3, 0.4) is 0 Å². The van der Waals surface area contributed by atoms with Crippen LogP contribution in [0.15, 0.2) is 57.5 Å². The number of rotatable bonds is 7. The van der Waals surface area contributed by atoms with E-state index in [4.69, 9.17) is 4.74 Å². The van der Waals surface area contributed by atoms with Crippen molar-refractivity contribution in [3.8, 4) is 5.75 Å². The molecule has 0 aliphatic heterocycles. The van der Waals surface area contributed by atoms with Gasteiger partial charge in [-0.1, -0.05) is 46.3 Å². The summed E-state index contributed by atoms with van der Waals surface area (Å²) in [7, 11) is 0. The molecule has 126 valence electrons. The van der Waals surface area contributed by atoms with Crippen LogP contribution in [0.2, 0.25) is 0 Å². The molecule has 0 spiro atoms. The van der Waals surface area contributed by atoms with E-state index in [9.17, 15) is 14.7 Å². The van der Waals surface area contributed by atoms with Crippen molar-refractivity contribution in [2.45, 2.75) is 12.5 Å². The summed E-state index contributed by atoms with van der Waals surface area (Å²) in [6.45, 7) is -0.265. The Kier molecular flexibility index (Phi) is 6.81. The van der Waals surface area contributed by atoms with Crippen molar-refractivity contribution in [2.75, 3.05) is 6.61 Å². The molecule has 0 radical (unpaired) electrons. The predicted octanol–water partition coefficient (Wildman–Crippen LogP) is 3.40. The zero-order chi connectivity index (χ0) is 17.5. The molecule has 2 aromatic rings. The highest BCUT2D eigenvalue weighted by molar-refractivity contribution is 9.11. The minimum atomic E-state index is -1.09. The third-order valence-electron chi connectivity index (χ3n) is 3.17. The number of carboxylic acids is 1. The zero-order valence-corrected chi connectivity index (χ0v) is 15.7. The van der Waals surface area contributed by atoms with Gasteiger partial charge in [-0.05, 0) is 39.7 Å². The number of aliphatic carboxylic acids is 1. The van der Waals surface area contributed by atoms with Gasteiger partial charge in [-0.15, -0.1) is 0 Å². The average Bonchev–Trinajstić information content (AvgIpc) is 2.54. The van der Waals surface area contributed by atoms with Crippen molar-refractivity contribution in [1.29, 1.82) is 0 Å². The highest BCUT2D eigenvalue weighted by atomic mass is 79.9. The number of hydrogen-bond donors (Lipinski definition) is 2. The first kappa shape index (κ1) is 18.5. The van der Waals surface area contributed by atoms with Gasteiger partial charge in [0.25, 0.3) is 5.91 Å². The summed E-state index contributed by atoms with van der Waals surface area (Å²) in [5.41, 5.74) is 0.835. The van der Waals surface area contributed by atoms with Crippen LogP contribution in [0, 0.1) is 0 Å². The van der Waals surface area contributed by atoms with Gasteiger partial charge in [-0.25, -0.2) is 4.79 Å². The Hall–Kier alpha value is -1.86. The molecule has 1 unspecified atom stereocenters. The second-order valence-electron chi connectivity index (χ2n) is 5.01. The fourth-order valence-corrected chi connectivity index (χ4v) is 3.18. The molecular formula is C17H15Br2NO4. The molecule has 2 aromatic carbocycles. The molecule has 0 fully saturated rings. The lowest BCUT2D eigenvalue weighted by molar-refractivity contribution is -0.142. The van der Waals surface area contributed by atoms with Gasteiger partial charge in [0.2, 0.25) is 0 Å². The number of nitrogens with one attached hydrogen (secondary N) is 1. The largest absolute Gasteiger partial charge is 0.483 e. The minimum absolute atomic E-state index is 0.212. The lowest BCUT2D eigenvalue weighted by Crippen LogP contribution is -2.44. The first-order valence-corrected chi connectivity index (χ1v) is 8.68. The molecule has 5 nitrogen and oxygen atoms in total. The van der Waals surface area contributed by atoms with Crippen molar-refractivity contribution in [1.82, 2.24) is 5.32 Å². The molecule has 0 aliphatic carbocycles. The number of hydrogen-bond acceptors (Lipinski definition) is 3. The van der Waals surface area contributed by atoms with Gasteiger partial charge in [0.15, 0.2) is 6.61 Å². The SMILES string of the molecule is O=C(COc1ccc(Br)cc1Br)NC(Cc1ccccc1)C(=O)O. The van der Waals surface area contributed by atoms with Crippen molar-refractivity contribution < 1.29 is 19.4 Å². The number of halogens is 2. The molecule has 0 aromatic heterocycles. The summed E-state index contributed by atoms with van der Waals surface area (Å²) in [6, 6.07) is 13.4. The van der Waals surface area contributed by atoms with E-state index in [2.05, 4.69) is 37.2 Å². The van der Waals surface area contributed by atoms with Gasteiger partial charge in [0.1, 0.15) is 11.8 Å². The number of carbonyl (C=O) groups is 2. The Balaban J connectivity index is 1.92. The van der Waals surface area contributed by atoms with Crippen LogP contribution in [-0.2, 0) is 16.0 Å². The third-order valence-corrected chi connectivity index (χ3v) is 4.28. The molecule has 0 heterocycles. The molecule has 7 heteroatoms. The van der Waals surface area contributed by atoms with E-state index in [0.29, 0.717) is 10.2 Å². The smallest absolute Gasteiger partial charge is 0.326 e. The molecule has 1 amide bonds. The molecule has 0 saturated heterocycles. The lowest BCUT2D eigenvalue weighted by Gasteiger charge is -2.15. The second-order valence-corrected chi connectivity index (χ2v) is 6.78. The second kappa shape index (κ2) is 8.84. The minimum Gasteiger partial charge on any atom is -0.483 e. The normalized spacial score (nSPS) is 11.6. The maximum Gasteiger partial charge on any atom is 0.326 e. The number of carboxylic acid groups (broad SMARTS) is 1. The molecule has 2 rings (SSSR count). The predicted molar refractivity (Wildman–Crippen MR) is 97.0 cm³/mol. The van der Waals surface area contributed by atoms with Crippen LogP contribution in [0.4, 0.5) is 0 Å². The highest BCUT2D eigenvalue weighted by Crippen LogP contribution is 2.28. The summed E-state index contributed by atoms with van der Waals surface area (Å²) >= 11 is 6.66. The molecule has 0 bridgehead atoms. The Bertz CT molecular complexity index is 722. The van der Waals surface area contributed by atoms with Crippen LogP contribution in [0.25, 0.3) is 0 Å². The van der Waals surface area contributed by atoms with Crippen LogP contribution in [0.5, 0.6) is 5.75 Å². The molecule has 1 atom stereocenters. The Morgan fingerprint density at radius 2 is 1.83 bits per heavy atom. The molecule has 24 heavy (non-hydrogen) atoms. The van der Waals surface area contributed by atoms with E-state index in [1.165, 1.54) is 0 Å². The van der Waals surface area contributed by atoms with E-state index in [-0.39, 0.29) is 13.0 Å². The van der Waals surface area contributed by atoms with Gasteiger partial charge >= 0.3 is 5.97 Å². The summed E-state index contributed by atoms with van der Waals surface area (Å²) < 4.78 is 6.98. The van der Waals surface area contributed by atoms with Crippen LogP contribution >= 0.6 is 31.9 Å². The number of amides is 1. The number of carbonyl (C=O) groups excluding carboxylic acids is 1. The quantitative estimate of drug-likeness (QED) is 0.669. The molecular weight excluding hydrogens is 442 g/mol. The van der Waals surface area contributed by atoms with E-state index >= 15 is 0 Å². The van der Waals surface area contributed by atoms with Gasteiger partial charge < -0.3 is 15.2 Å². The van der Waals surface area contributed by atoms with Gasteiger partial charge in [0.05, 0.1) is 4.47 Å². The standard InChI is InChI=1S/C17H15Br2NO4/c18-12-6-7-15(13(19)9-12)24-10-16(21)20-14(17(22)23)8-11-4-2-1-3-5-11/h1-7,9,14H,8,10H2,(H,20,21)(H,22,23). The van der Waals surface area contributed by atoms with Crippen LogP contribution in [0.1, 0.15) is 5.56 Å². The van der Waals surface area contributed by atoms with Crippen molar-refractivity contribution in [3.63, 3.8) is 0 Å². The maximum absolute atomic E-state index is 12.0. The molecule has 0 aliphatic rings. The van der Waals surface area contributed by atoms with Gasteiger partial charge in [-0.3, -0.25) is 4.79 Å². The first-order valence-electron chi connectivity index (χ1n) is 7.09. The monoisotopic (exact) mass is 455 g/mol. The average molecular weight is 457 g/mol. The first-order chi connectivity index (χ1) is 11.5. The molecule has 0 saturated carbocycles. The topological polar surface area (TPSA) is 75.6 Å². The van der Waals surface area contributed by atoms with Crippen LogP contribution in [-0.4, -0.2) is 29.6 Å². The van der Waals surface area contributed by atoms with Crippen molar-refractivity contribution >= 4 is 43.7 Å². The maximum atomic E-state index is 12.0. The Labute approximate surface area is 156 Å². The highest BCUT2D eigenvalue weighted by Gasteiger charge is 2.20. The zero-order valence-electron chi connectivity index (χ0n) is 12.5. The summed E-state index contributed by atoms with van der Waals surface area (Å²) in [6.07, 6.45) is 0.212. The lowest BCUT2D eigenvalue weighted by atomic mass is 10.1. The summed E-state index contributed by atoms with van der Waals surface area (Å²) in [5.74, 6) is -1.08. The fourth-order valence-electron chi connectivity index (χ4n) is 2.02.